The van der Waals surface area contributed by atoms with Crippen LogP contribution in [0.3, 0.4) is 0 Å². The molecule has 0 aliphatic carbocycles. The Morgan fingerprint density at radius 1 is 0.500 bits per heavy atom. The first-order valence-corrected chi connectivity index (χ1v) is 10.6. The third-order valence-electron chi connectivity index (χ3n) is 5.34. The van der Waals surface area contributed by atoms with Crippen molar-refractivity contribution in [3.8, 4) is 40.6 Å². The van der Waals surface area contributed by atoms with Crippen molar-refractivity contribution in [2.24, 2.45) is 0 Å². The molecule has 1 nitrogen and oxygen atoms in total. The summed E-state index contributed by atoms with van der Waals surface area (Å²) in [6.45, 7) is 6.18. The Labute approximate surface area is 190 Å². The molecule has 0 aromatic heterocycles. The Hall–Kier alpha value is -4.20. The van der Waals surface area contributed by atoms with Gasteiger partial charge in [-0.25, -0.2) is 0 Å². The van der Waals surface area contributed by atoms with Gasteiger partial charge in [0.25, 0.3) is 0 Å². The molecule has 32 heavy (non-hydrogen) atoms. The fourth-order valence-corrected chi connectivity index (χ4v) is 3.35. The van der Waals surface area contributed by atoms with E-state index in [-0.39, 0.29) is 5.75 Å². The van der Waals surface area contributed by atoms with Crippen molar-refractivity contribution in [3.63, 3.8) is 0 Å². The minimum Gasteiger partial charge on any atom is -0.507 e. The minimum absolute atomic E-state index is 0.183. The van der Waals surface area contributed by atoms with Gasteiger partial charge in [-0.05, 0) is 79.9 Å². The van der Waals surface area contributed by atoms with E-state index in [0.29, 0.717) is 5.56 Å². The van der Waals surface area contributed by atoms with Crippen molar-refractivity contribution in [1.82, 2.24) is 0 Å². The van der Waals surface area contributed by atoms with Crippen LogP contribution in [-0.4, -0.2) is 5.11 Å². The third-order valence-corrected chi connectivity index (χ3v) is 5.34. The lowest BCUT2D eigenvalue weighted by Crippen LogP contribution is -1.86. The van der Waals surface area contributed by atoms with Crippen LogP contribution in [0.15, 0.2) is 84.9 Å². The van der Waals surface area contributed by atoms with E-state index in [9.17, 15) is 5.11 Å². The first-order valence-electron chi connectivity index (χ1n) is 10.6. The van der Waals surface area contributed by atoms with Crippen molar-refractivity contribution in [3.05, 3.63) is 124 Å². The van der Waals surface area contributed by atoms with Gasteiger partial charge in [-0.1, -0.05) is 77.3 Å². The smallest absolute Gasteiger partial charge is 0.131 e. The van der Waals surface area contributed by atoms with E-state index in [1.54, 1.807) is 6.07 Å². The molecule has 0 aliphatic rings. The molecule has 0 atom stereocenters. The first-order chi connectivity index (χ1) is 15.5. The molecule has 0 fully saturated rings. The number of hydrogen-bond donors (Lipinski definition) is 1. The predicted molar refractivity (Wildman–Crippen MR) is 133 cm³/mol. The highest BCUT2D eigenvalue weighted by Gasteiger charge is 2.05. The number of phenols is 1. The molecular weight excluding hydrogens is 388 g/mol. The minimum atomic E-state index is 0.183. The van der Waals surface area contributed by atoms with Gasteiger partial charge in [0.15, 0.2) is 0 Å². The lowest BCUT2D eigenvalue weighted by Gasteiger charge is -2.07. The number of phenolic OH excluding ortho intramolecular Hbond substituents is 1. The summed E-state index contributed by atoms with van der Waals surface area (Å²) in [6, 6.07) is 28.1. The molecule has 4 aromatic rings. The van der Waals surface area contributed by atoms with Gasteiger partial charge >= 0.3 is 0 Å². The van der Waals surface area contributed by atoms with Gasteiger partial charge in [0.2, 0.25) is 0 Å². The van der Waals surface area contributed by atoms with E-state index < -0.39 is 0 Å². The summed E-state index contributed by atoms with van der Waals surface area (Å²) in [5, 5.41) is 10.5. The van der Waals surface area contributed by atoms with Crippen molar-refractivity contribution in [2.75, 3.05) is 0 Å². The Bertz CT molecular complexity index is 1270. The summed E-state index contributed by atoms with van der Waals surface area (Å²) in [7, 11) is 0. The molecule has 0 heterocycles. The molecule has 0 bridgehead atoms. The van der Waals surface area contributed by atoms with E-state index in [0.717, 1.165) is 33.4 Å². The van der Waals surface area contributed by atoms with Gasteiger partial charge in [0.05, 0.1) is 5.56 Å². The van der Waals surface area contributed by atoms with Crippen LogP contribution >= 0.6 is 0 Å². The Balaban J connectivity index is 1.55. The SMILES string of the molecule is Cc1ccc(C#Cc2ccc(-c3ccc(C#Cc4ccc(C)cc4)c(O)c3)cc2C)cc1. The fourth-order valence-electron chi connectivity index (χ4n) is 3.35. The standard InChI is InChI=1S/C31H24O/c1-22-4-8-25(9-5-22)12-14-27-16-18-29(20-24(27)3)30-19-17-28(31(32)21-30)15-13-26-10-6-23(2)7-11-26/h4-11,16-21,32H,1-3H3. The van der Waals surface area contributed by atoms with Crippen molar-refractivity contribution >= 4 is 0 Å². The van der Waals surface area contributed by atoms with Crippen LogP contribution in [0.1, 0.15) is 38.9 Å². The van der Waals surface area contributed by atoms with Crippen LogP contribution in [0.2, 0.25) is 0 Å². The molecule has 4 aromatic carbocycles. The van der Waals surface area contributed by atoms with E-state index in [1.807, 2.05) is 67.6 Å². The second kappa shape index (κ2) is 9.30. The number of rotatable bonds is 1. The van der Waals surface area contributed by atoms with Crippen LogP contribution in [0.5, 0.6) is 5.75 Å². The predicted octanol–water partition coefficient (Wildman–Crippen LogP) is 6.78. The molecule has 0 aliphatic heterocycles. The molecule has 0 amide bonds. The first kappa shape index (κ1) is 21.0. The summed E-state index contributed by atoms with van der Waals surface area (Å²) in [4.78, 5) is 0. The lowest BCUT2D eigenvalue weighted by molar-refractivity contribution is 0.474. The van der Waals surface area contributed by atoms with Crippen LogP contribution in [-0.2, 0) is 0 Å². The van der Waals surface area contributed by atoms with Crippen molar-refractivity contribution < 1.29 is 5.11 Å². The molecule has 1 N–H and O–H groups in total. The molecule has 154 valence electrons. The zero-order valence-electron chi connectivity index (χ0n) is 18.5. The van der Waals surface area contributed by atoms with E-state index in [2.05, 4.69) is 55.7 Å². The molecule has 0 saturated carbocycles. The van der Waals surface area contributed by atoms with Crippen LogP contribution in [0, 0.1) is 44.5 Å². The third kappa shape index (κ3) is 5.10. The topological polar surface area (TPSA) is 20.2 Å². The van der Waals surface area contributed by atoms with Gasteiger partial charge in [-0.3, -0.25) is 0 Å². The number of aryl methyl sites for hydroxylation is 3. The van der Waals surface area contributed by atoms with E-state index >= 15 is 0 Å². The lowest BCUT2D eigenvalue weighted by atomic mass is 9.98. The quantitative estimate of drug-likeness (QED) is 0.342. The second-order valence-corrected chi connectivity index (χ2v) is 7.99. The van der Waals surface area contributed by atoms with Crippen LogP contribution in [0.25, 0.3) is 11.1 Å². The Morgan fingerprint density at radius 3 is 1.47 bits per heavy atom. The maximum Gasteiger partial charge on any atom is 0.131 e. The molecular formula is C31H24O. The van der Waals surface area contributed by atoms with Crippen molar-refractivity contribution in [1.29, 1.82) is 0 Å². The molecule has 0 spiro atoms. The summed E-state index contributed by atoms with van der Waals surface area (Å²) < 4.78 is 0. The summed E-state index contributed by atoms with van der Waals surface area (Å²) >= 11 is 0. The summed E-state index contributed by atoms with van der Waals surface area (Å²) in [5.74, 6) is 12.9. The molecule has 0 saturated heterocycles. The monoisotopic (exact) mass is 412 g/mol. The number of benzene rings is 4. The summed E-state index contributed by atoms with van der Waals surface area (Å²) in [5.41, 5.74) is 9.07. The highest BCUT2D eigenvalue weighted by atomic mass is 16.3. The number of hydrogen-bond acceptors (Lipinski definition) is 1. The molecule has 1 heteroatoms. The number of aromatic hydroxyl groups is 1. The molecule has 0 unspecified atom stereocenters. The average molecular weight is 413 g/mol. The van der Waals surface area contributed by atoms with E-state index in [4.69, 9.17) is 0 Å². The van der Waals surface area contributed by atoms with Gasteiger partial charge in [-0.15, -0.1) is 0 Å². The maximum absolute atomic E-state index is 10.5. The highest BCUT2D eigenvalue weighted by molar-refractivity contribution is 5.69. The highest BCUT2D eigenvalue weighted by Crippen LogP contribution is 2.27. The van der Waals surface area contributed by atoms with Gasteiger partial charge in [-0.2, -0.15) is 0 Å². The van der Waals surface area contributed by atoms with Gasteiger partial charge in [0, 0.05) is 16.7 Å². The maximum atomic E-state index is 10.5. The summed E-state index contributed by atoms with van der Waals surface area (Å²) in [6.07, 6.45) is 0. The zero-order valence-corrected chi connectivity index (χ0v) is 18.5. The molecule has 0 radical (unpaired) electrons. The normalized spacial score (nSPS) is 9.97. The van der Waals surface area contributed by atoms with Crippen LogP contribution < -0.4 is 0 Å². The van der Waals surface area contributed by atoms with E-state index in [1.165, 1.54) is 11.1 Å². The van der Waals surface area contributed by atoms with Crippen LogP contribution in [0.4, 0.5) is 0 Å². The van der Waals surface area contributed by atoms with Crippen molar-refractivity contribution in [2.45, 2.75) is 20.8 Å². The Morgan fingerprint density at radius 2 is 0.969 bits per heavy atom. The van der Waals surface area contributed by atoms with Gasteiger partial charge in [0.1, 0.15) is 5.75 Å². The largest absolute Gasteiger partial charge is 0.507 e. The van der Waals surface area contributed by atoms with Gasteiger partial charge < -0.3 is 5.11 Å². The zero-order chi connectivity index (χ0) is 22.5. The average Bonchev–Trinajstić information content (AvgIpc) is 2.79. The Kier molecular flexibility index (Phi) is 6.12. The fraction of sp³-hybridized carbons (Fsp3) is 0.0968. The molecule has 4 rings (SSSR count). The second-order valence-electron chi connectivity index (χ2n) is 7.99.